The number of tetrazole rings is 1. The van der Waals surface area contributed by atoms with Gasteiger partial charge in [-0.2, -0.15) is 0 Å². The van der Waals surface area contributed by atoms with Crippen molar-refractivity contribution in [3.05, 3.63) is 0 Å². The molecule has 1 aromatic rings. The molecule has 1 rings (SSSR count). The Morgan fingerprint density at radius 2 is 2.25 bits per heavy atom. The number of hydrogen-bond acceptors (Lipinski definition) is 4. The molecule has 1 heterocycles. The molecule has 4 nitrogen and oxygen atoms in total. The third kappa shape index (κ3) is 2.30. The van der Waals surface area contributed by atoms with Crippen LogP contribution in [0.2, 0.25) is 0 Å². The quantitative estimate of drug-likeness (QED) is 0.440. The van der Waals surface area contributed by atoms with Gasteiger partial charge in [-0.3, -0.25) is 4.68 Å². The molecule has 0 atom stereocenters. The van der Waals surface area contributed by atoms with Crippen molar-refractivity contribution in [3.8, 4) is 0 Å². The normalized spacial score (nSPS) is 8.12. The summed E-state index contributed by atoms with van der Waals surface area (Å²) in [5.74, 6) is 0. The van der Waals surface area contributed by atoms with E-state index in [1.54, 1.807) is 7.05 Å². The van der Waals surface area contributed by atoms with E-state index in [1.807, 2.05) is 0 Å². The molecular weight excluding hydrogens is 245 g/mol. The number of rotatable bonds is 0. The molecule has 1 aromatic heterocycles. The van der Waals surface area contributed by atoms with Crippen molar-refractivity contribution in [2.45, 2.75) is 5.16 Å². The van der Waals surface area contributed by atoms with Gasteiger partial charge in [-0.25, -0.2) is 0 Å². The Balaban J connectivity index is 0.000000490. The SMILES string of the molecule is Cn1nnnc1[S-].[Cs+]. The fourth-order valence-corrected chi connectivity index (χ4v) is 0.294. The number of hydrogen-bond donors (Lipinski definition) is 0. The Morgan fingerprint density at radius 1 is 1.62 bits per heavy atom. The number of nitrogens with zero attached hydrogens (tertiary/aromatic N) is 4. The maximum absolute atomic E-state index is 4.61. The van der Waals surface area contributed by atoms with E-state index in [-0.39, 0.29) is 68.9 Å². The number of aryl methyl sites for hydroxylation is 1. The standard InChI is InChI=1S/C2H4N4S.Cs/c1-6-2(7)3-4-5-6;/h1H3,(H,3,5,7);/q;+1/p-1. The van der Waals surface area contributed by atoms with Crippen LogP contribution in [-0.2, 0) is 19.7 Å². The van der Waals surface area contributed by atoms with Crippen LogP contribution in [0, 0.1) is 0 Å². The van der Waals surface area contributed by atoms with Gasteiger partial charge in [0.15, 0.2) is 0 Å². The van der Waals surface area contributed by atoms with Crippen molar-refractivity contribution >= 4 is 12.6 Å². The molecule has 0 aliphatic rings. The average Bonchev–Trinajstić information content (AvgIpc) is 1.91. The van der Waals surface area contributed by atoms with Crippen molar-refractivity contribution in [2.75, 3.05) is 0 Å². The topological polar surface area (TPSA) is 43.6 Å². The van der Waals surface area contributed by atoms with Gasteiger partial charge in [-0.15, -0.1) is 5.10 Å². The summed E-state index contributed by atoms with van der Waals surface area (Å²) in [7, 11) is 1.70. The van der Waals surface area contributed by atoms with Gasteiger partial charge in [0.1, 0.15) is 0 Å². The molecule has 38 valence electrons. The van der Waals surface area contributed by atoms with Crippen LogP contribution in [0.25, 0.3) is 0 Å². The molecule has 0 spiro atoms. The summed E-state index contributed by atoms with van der Waals surface area (Å²) in [6.45, 7) is 0. The molecule has 0 saturated carbocycles. The first-order chi connectivity index (χ1) is 3.30. The summed E-state index contributed by atoms with van der Waals surface area (Å²) in [6, 6.07) is 0. The van der Waals surface area contributed by atoms with Crippen LogP contribution in [0.5, 0.6) is 0 Å². The minimum atomic E-state index is 0. The molecule has 0 amide bonds. The zero-order chi connectivity index (χ0) is 5.28. The predicted octanol–water partition coefficient (Wildman–Crippen LogP) is -3.88. The average molecular weight is 248 g/mol. The van der Waals surface area contributed by atoms with Crippen LogP contribution in [0.15, 0.2) is 5.16 Å². The molecule has 0 aliphatic carbocycles. The van der Waals surface area contributed by atoms with Crippen LogP contribution in [0.4, 0.5) is 0 Å². The van der Waals surface area contributed by atoms with E-state index >= 15 is 0 Å². The van der Waals surface area contributed by atoms with Gasteiger partial charge in [0, 0.05) is 12.2 Å². The van der Waals surface area contributed by atoms with Crippen molar-refractivity contribution in [1.82, 2.24) is 20.2 Å². The van der Waals surface area contributed by atoms with Gasteiger partial charge < -0.3 is 12.6 Å². The van der Waals surface area contributed by atoms with E-state index in [0.29, 0.717) is 5.16 Å². The summed E-state index contributed by atoms with van der Waals surface area (Å²) in [4.78, 5) is 0. The van der Waals surface area contributed by atoms with E-state index in [0.717, 1.165) is 0 Å². The van der Waals surface area contributed by atoms with Crippen LogP contribution in [0.3, 0.4) is 0 Å². The Hall–Kier alpha value is 1.34. The first-order valence-electron chi connectivity index (χ1n) is 1.70. The summed E-state index contributed by atoms with van der Waals surface area (Å²) < 4.78 is 1.43. The first kappa shape index (κ1) is 9.34. The minimum absolute atomic E-state index is 0. The molecule has 0 unspecified atom stereocenters. The molecule has 0 radical (unpaired) electrons. The molecule has 8 heavy (non-hydrogen) atoms. The van der Waals surface area contributed by atoms with Gasteiger partial charge in [-0.05, 0) is 10.4 Å². The molecule has 0 N–H and O–H groups in total. The molecule has 0 aliphatic heterocycles. The van der Waals surface area contributed by atoms with Gasteiger partial charge in [0.2, 0.25) is 0 Å². The first-order valence-corrected chi connectivity index (χ1v) is 2.11. The minimum Gasteiger partial charge on any atom is -0.739 e. The Kier molecular flexibility index (Phi) is 4.91. The smallest absolute Gasteiger partial charge is 0.739 e. The predicted molar refractivity (Wildman–Crippen MR) is 24.4 cm³/mol. The fraction of sp³-hybridized carbons (Fsp3) is 0.500. The monoisotopic (exact) mass is 248 g/mol. The van der Waals surface area contributed by atoms with E-state index in [4.69, 9.17) is 0 Å². The van der Waals surface area contributed by atoms with Crippen LogP contribution < -0.4 is 68.9 Å². The Bertz CT molecular complexity index is 146. The van der Waals surface area contributed by atoms with Crippen molar-refractivity contribution in [2.24, 2.45) is 7.05 Å². The molecule has 0 aromatic carbocycles. The zero-order valence-corrected chi connectivity index (χ0v) is 11.8. The van der Waals surface area contributed by atoms with E-state index in [2.05, 4.69) is 28.2 Å². The number of aromatic nitrogens is 4. The molecular formula is C2H3CsN4S. The molecule has 6 heteroatoms. The van der Waals surface area contributed by atoms with Crippen LogP contribution in [-0.4, -0.2) is 20.2 Å². The Morgan fingerprint density at radius 3 is 2.38 bits per heavy atom. The largest absolute Gasteiger partial charge is 1.00 e. The second-order valence-electron chi connectivity index (χ2n) is 1.09. The van der Waals surface area contributed by atoms with Crippen LogP contribution >= 0.6 is 0 Å². The summed E-state index contributed by atoms with van der Waals surface area (Å²) >= 11 is 4.61. The maximum Gasteiger partial charge on any atom is 1.00 e. The summed E-state index contributed by atoms with van der Waals surface area (Å²) in [5, 5.41) is 10.6. The second-order valence-corrected chi connectivity index (χ2v) is 1.45. The van der Waals surface area contributed by atoms with Gasteiger partial charge in [0.05, 0.1) is 0 Å². The van der Waals surface area contributed by atoms with Crippen molar-refractivity contribution < 1.29 is 68.9 Å². The van der Waals surface area contributed by atoms with E-state index in [1.165, 1.54) is 4.68 Å². The van der Waals surface area contributed by atoms with Crippen LogP contribution in [0.1, 0.15) is 0 Å². The zero-order valence-electron chi connectivity index (χ0n) is 4.70. The van der Waals surface area contributed by atoms with Gasteiger partial charge in [0.25, 0.3) is 0 Å². The second kappa shape index (κ2) is 4.20. The molecule has 0 bridgehead atoms. The van der Waals surface area contributed by atoms with Gasteiger partial charge in [-0.1, -0.05) is 0 Å². The van der Waals surface area contributed by atoms with Crippen molar-refractivity contribution in [3.63, 3.8) is 0 Å². The molecule has 0 fully saturated rings. The third-order valence-electron chi connectivity index (χ3n) is 0.581. The van der Waals surface area contributed by atoms with Gasteiger partial charge >= 0.3 is 68.9 Å². The van der Waals surface area contributed by atoms with E-state index in [9.17, 15) is 0 Å². The summed E-state index contributed by atoms with van der Waals surface area (Å²) in [5.41, 5.74) is 0. The summed E-state index contributed by atoms with van der Waals surface area (Å²) in [6.07, 6.45) is 0. The van der Waals surface area contributed by atoms with Crippen molar-refractivity contribution in [1.29, 1.82) is 0 Å². The maximum atomic E-state index is 4.61. The Labute approximate surface area is 111 Å². The third-order valence-corrected chi connectivity index (χ3v) is 0.927. The fourth-order valence-electron chi connectivity index (χ4n) is 0.221. The van der Waals surface area contributed by atoms with E-state index < -0.39 is 0 Å². The molecule has 0 saturated heterocycles.